The molecule has 4 aromatic rings. The van der Waals surface area contributed by atoms with Gasteiger partial charge in [-0.2, -0.15) is 13.2 Å². The van der Waals surface area contributed by atoms with Gasteiger partial charge >= 0.3 is 17.8 Å². The van der Waals surface area contributed by atoms with Gasteiger partial charge in [0.05, 0.1) is 30.5 Å². The van der Waals surface area contributed by atoms with Gasteiger partial charge in [-0.1, -0.05) is 36.4 Å². The number of methoxy groups -OCH3 is 1. The normalized spacial score (nSPS) is 12.3. The molecule has 238 valence electrons. The van der Waals surface area contributed by atoms with Crippen LogP contribution < -0.4 is 21.3 Å². The first-order chi connectivity index (χ1) is 21.3. The highest BCUT2D eigenvalue weighted by atomic mass is 19.4. The Morgan fingerprint density at radius 3 is 2.38 bits per heavy atom. The fraction of sp³-hybridized carbons (Fsp3) is 0.281. The predicted molar refractivity (Wildman–Crippen MR) is 157 cm³/mol. The number of carboxylic acids is 1. The van der Waals surface area contributed by atoms with E-state index >= 15 is 4.39 Å². The lowest BCUT2D eigenvalue weighted by molar-refractivity contribution is -0.138. The average molecular weight is 632 g/mol. The number of nitrogens with one attached hydrogen (secondary N) is 1. The van der Waals surface area contributed by atoms with E-state index in [0.717, 1.165) is 21.3 Å². The van der Waals surface area contributed by atoms with E-state index in [1.54, 1.807) is 19.1 Å². The van der Waals surface area contributed by atoms with E-state index in [9.17, 15) is 31.9 Å². The molecule has 1 atom stereocenters. The van der Waals surface area contributed by atoms with Gasteiger partial charge in [0.15, 0.2) is 11.6 Å². The number of carboxylic acid groups (broad SMARTS) is 1. The minimum Gasteiger partial charge on any atom is -0.494 e. The number of nitrogens with zero attached hydrogens (tertiary/aromatic N) is 2. The SMILES string of the molecule is COc1cccc(-c2c(C)n(Cc3c(F)cccc3C(F)(F)F)c(=O)n(-c3ccccc3C(C)NCCCC(=O)O)c2=O)c1F. The van der Waals surface area contributed by atoms with Crippen molar-refractivity contribution in [3.8, 4) is 22.6 Å². The molecule has 3 aromatic carbocycles. The molecule has 4 rings (SSSR count). The summed E-state index contributed by atoms with van der Waals surface area (Å²) < 4.78 is 79.0. The largest absolute Gasteiger partial charge is 0.494 e. The third-order valence-electron chi connectivity index (χ3n) is 7.46. The molecule has 0 aliphatic carbocycles. The van der Waals surface area contributed by atoms with E-state index in [0.29, 0.717) is 18.1 Å². The number of halogens is 5. The second-order valence-corrected chi connectivity index (χ2v) is 10.3. The highest BCUT2D eigenvalue weighted by Gasteiger charge is 2.35. The van der Waals surface area contributed by atoms with Crippen molar-refractivity contribution in [1.82, 2.24) is 14.5 Å². The molecule has 0 spiro atoms. The lowest BCUT2D eigenvalue weighted by Gasteiger charge is -2.23. The van der Waals surface area contributed by atoms with Crippen molar-refractivity contribution < 1.29 is 36.6 Å². The Hall–Kier alpha value is -4.78. The van der Waals surface area contributed by atoms with Crippen LogP contribution in [0.15, 0.2) is 70.3 Å². The van der Waals surface area contributed by atoms with Crippen molar-refractivity contribution in [2.24, 2.45) is 0 Å². The highest BCUT2D eigenvalue weighted by Crippen LogP contribution is 2.34. The van der Waals surface area contributed by atoms with Crippen LogP contribution in [0.5, 0.6) is 5.75 Å². The summed E-state index contributed by atoms with van der Waals surface area (Å²) in [5.74, 6) is -3.36. The third kappa shape index (κ3) is 6.83. The molecule has 0 aliphatic heterocycles. The van der Waals surface area contributed by atoms with Gasteiger partial charge in [-0.3, -0.25) is 14.2 Å². The summed E-state index contributed by atoms with van der Waals surface area (Å²) in [7, 11) is 1.21. The molecule has 8 nitrogen and oxygen atoms in total. The number of para-hydroxylation sites is 1. The zero-order chi connectivity index (χ0) is 33.1. The molecule has 1 unspecified atom stereocenters. The number of benzene rings is 3. The molecule has 45 heavy (non-hydrogen) atoms. The van der Waals surface area contributed by atoms with Crippen molar-refractivity contribution >= 4 is 5.97 Å². The summed E-state index contributed by atoms with van der Waals surface area (Å²) in [6.45, 7) is 2.35. The van der Waals surface area contributed by atoms with E-state index in [2.05, 4.69) is 5.32 Å². The predicted octanol–water partition coefficient (Wildman–Crippen LogP) is 5.84. The van der Waals surface area contributed by atoms with Crippen LogP contribution in [0.2, 0.25) is 0 Å². The molecule has 0 bridgehead atoms. The van der Waals surface area contributed by atoms with Crippen LogP contribution in [0.25, 0.3) is 16.8 Å². The van der Waals surface area contributed by atoms with Crippen LogP contribution in [0.3, 0.4) is 0 Å². The maximum atomic E-state index is 15.6. The molecule has 1 heterocycles. The first kappa shape index (κ1) is 33.1. The Bertz CT molecular complexity index is 1850. The molecule has 0 fully saturated rings. The number of ether oxygens (including phenoxy) is 1. The second-order valence-electron chi connectivity index (χ2n) is 10.3. The summed E-state index contributed by atoms with van der Waals surface area (Å²) in [6, 6.07) is 12.1. The smallest absolute Gasteiger partial charge is 0.416 e. The molecule has 0 amide bonds. The number of hydrogen-bond donors (Lipinski definition) is 2. The minimum atomic E-state index is -4.96. The molecular formula is C32H30F5N3O5. The Morgan fingerprint density at radius 1 is 1.02 bits per heavy atom. The zero-order valence-corrected chi connectivity index (χ0v) is 24.5. The monoisotopic (exact) mass is 631 g/mol. The molecule has 0 saturated heterocycles. The van der Waals surface area contributed by atoms with Gasteiger partial charge in [-0.25, -0.2) is 18.1 Å². The molecule has 0 saturated carbocycles. The van der Waals surface area contributed by atoms with Gasteiger partial charge in [-0.15, -0.1) is 0 Å². The number of aliphatic carboxylic acids is 1. The van der Waals surface area contributed by atoms with E-state index < -0.39 is 58.7 Å². The molecule has 0 aliphatic rings. The van der Waals surface area contributed by atoms with Crippen molar-refractivity contribution in [2.45, 2.75) is 45.5 Å². The Balaban J connectivity index is 2.02. The summed E-state index contributed by atoms with van der Waals surface area (Å²) in [5, 5.41) is 12.1. The molecule has 2 N–H and O–H groups in total. The quantitative estimate of drug-likeness (QED) is 0.159. The van der Waals surface area contributed by atoms with Gasteiger partial charge in [0.2, 0.25) is 0 Å². The summed E-state index contributed by atoms with van der Waals surface area (Å²) in [6.07, 6.45) is -4.75. The fourth-order valence-corrected chi connectivity index (χ4v) is 5.19. The molecule has 0 radical (unpaired) electrons. The number of hydrogen-bond acceptors (Lipinski definition) is 5. The van der Waals surface area contributed by atoms with Crippen molar-refractivity contribution in [1.29, 1.82) is 0 Å². The first-order valence-electron chi connectivity index (χ1n) is 13.9. The zero-order valence-electron chi connectivity index (χ0n) is 24.5. The molecular weight excluding hydrogens is 601 g/mol. The second kappa shape index (κ2) is 13.5. The van der Waals surface area contributed by atoms with Crippen molar-refractivity contribution in [3.63, 3.8) is 0 Å². The van der Waals surface area contributed by atoms with E-state index in [1.807, 2.05) is 0 Å². The van der Waals surface area contributed by atoms with Crippen molar-refractivity contribution in [2.75, 3.05) is 13.7 Å². The maximum absolute atomic E-state index is 15.6. The number of rotatable bonds is 11. The van der Waals surface area contributed by atoms with Crippen LogP contribution in [-0.4, -0.2) is 33.9 Å². The van der Waals surface area contributed by atoms with Crippen LogP contribution >= 0.6 is 0 Å². The topological polar surface area (TPSA) is 103 Å². The number of carbonyl (C=O) groups is 1. The van der Waals surface area contributed by atoms with Gasteiger partial charge in [-0.05, 0) is 56.6 Å². The standard InChI is InChI=1S/C32H30F5N3O5/c1-18(38-16-8-15-27(41)42)20-9-4-5-13-25(20)40-30(43)28(21-10-6-14-26(45-3)29(21)34)19(2)39(31(40)44)17-22-23(32(35,36)37)11-7-12-24(22)33/h4-7,9-14,18,38H,8,15-17H2,1-3H3,(H,41,42). The highest BCUT2D eigenvalue weighted by molar-refractivity contribution is 5.68. The van der Waals surface area contributed by atoms with E-state index in [4.69, 9.17) is 9.84 Å². The lowest BCUT2D eigenvalue weighted by Crippen LogP contribution is -2.42. The Labute approximate surface area is 254 Å². The number of aromatic nitrogens is 2. The summed E-state index contributed by atoms with van der Waals surface area (Å²) in [5.41, 5.74) is -4.52. The molecule has 1 aromatic heterocycles. The van der Waals surface area contributed by atoms with E-state index in [-0.39, 0.29) is 41.2 Å². The fourth-order valence-electron chi connectivity index (χ4n) is 5.19. The van der Waals surface area contributed by atoms with Crippen LogP contribution in [0.1, 0.15) is 48.2 Å². The Kier molecular flexibility index (Phi) is 9.91. The average Bonchev–Trinajstić information content (AvgIpc) is 2.98. The van der Waals surface area contributed by atoms with Gasteiger partial charge in [0.1, 0.15) is 5.82 Å². The lowest BCUT2D eigenvalue weighted by atomic mass is 10.0. The van der Waals surface area contributed by atoms with Gasteiger partial charge in [0.25, 0.3) is 5.56 Å². The molecule has 13 heteroatoms. The van der Waals surface area contributed by atoms with Crippen LogP contribution in [-0.2, 0) is 17.5 Å². The number of alkyl halides is 3. The van der Waals surface area contributed by atoms with Gasteiger partial charge < -0.3 is 15.2 Å². The van der Waals surface area contributed by atoms with Crippen molar-refractivity contribution in [3.05, 3.63) is 116 Å². The third-order valence-corrected chi connectivity index (χ3v) is 7.46. The van der Waals surface area contributed by atoms with Crippen LogP contribution in [0, 0.1) is 18.6 Å². The maximum Gasteiger partial charge on any atom is 0.416 e. The summed E-state index contributed by atoms with van der Waals surface area (Å²) >= 11 is 0. The van der Waals surface area contributed by atoms with E-state index in [1.165, 1.54) is 44.4 Å². The first-order valence-corrected chi connectivity index (χ1v) is 13.9. The van der Waals surface area contributed by atoms with Gasteiger partial charge in [0, 0.05) is 29.3 Å². The Morgan fingerprint density at radius 2 is 1.71 bits per heavy atom. The summed E-state index contributed by atoms with van der Waals surface area (Å²) in [4.78, 5) is 39.2. The minimum absolute atomic E-state index is 0.0496. The van der Waals surface area contributed by atoms with Crippen LogP contribution in [0.4, 0.5) is 22.0 Å².